The molecule has 2 rings (SSSR count). The van der Waals surface area contributed by atoms with Crippen molar-refractivity contribution >= 4 is 23.5 Å². The Balaban J connectivity index is 1.79. The molecular formula is C21H24N2O5. The standard InChI is InChI=1S/C21H24N2O5/c1-4-15-7-5-6-14(2)20(15)23-18(24)13-28-19(25)12-22-21(26)16-8-10-17(27-3)11-9-16/h5-11H,4,12-13H2,1-3H3,(H,22,26)(H,23,24). The molecule has 0 fully saturated rings. The number of hydrogen-bond acceptors (Lipinski definition) is 5. The van der Waals surface area contributed by atoms with Gasteiger partial charge >= 0.3 is 5.97 Å². The van der Waals surface area contributed by atoms with E-state index in [1.165, 1.54) is 7.11 Å². The number of aryl methyl sites for hydroxylation is 2. The molecule has 0 aliphatic heterocycles. The lowest BCUT2D eigenvalue weighted by atomic mass is 10.1. The summed E-state index contributed by atoms with van der Waals surface area (Å²) >= 11 is 0. The molecule has 2 N–H and O–H groups in total. The molecule has 0 spiro atoms. The van der Waals surface area contributed by atoms with Gasteiger partial charge < -0.3 is 20.1 Å². The van der Waals surface area contributed by atoms with Crippen molar-refractivity contribution in [2.24, 2.45) is 0 Å². The SMILES string of the molecule is CCc1cccc(C)c1NC(=O)COC(=O)CNC(=O)c1ccc(OC)cc1. The molecular weight excluding hydrogens is 360 g/mol. The molecule has 0 saturated heterocycles. The van der Waals surface area contributed by atoms with Crippen molar-refractivity contribution in [2.75, 3.05) is 25.6 Å². The summed E-state index contributed by atoms with van der Waals surface area (Å²) < 4.78 is 9.95. The van der Waals surface area contributed by atoms with Crippen molar-refractivity contribution in [3.05, 3.63) is 59.2 Å². The van der Waals surface area contributed by atoms with Crippen LogP contribution in [0.25, 0.3) is 0 Å². The monoisotopic (exact) mass is 384 g/mol. The van der Waals surface area contributed by atoms with Crippen LogP contribution >= 0.6 is 0 Å². The van der Waals surface area contributed by atoms with Gasteiger partial charge in [-0.2, -0.15) is 0 Å². The van der Waals surface area contributed by atoms with E-state index in [1.807, 2.05) is 32.0 Å². The number of esters is 1. The summed E-state index contributed by atoms with van der Waals surface area (Å²) in [5.74, 6) is -0.922. The molecule has 0 aliphatic rings. The lowest BCUT2D eigenvalue weighted by molar-refractivity contribution is -0.146. The van der Waals surface area contributed by atoms with Crippen molar-refractivity contribution in [1.82, 2.24) is 5.32 Å². The third-order valence-corrected chi connectivity index (χ3v) is 4.11. The van der Waals surface area contributed by atoms with Crippen molar-refractivity contribution in [3.8, 4) is 5.75 Å². The van der Waals surface area contributed by atoms with Gasteiger partial charge in [0.1, 0.15) is 12.3 Å². The normalized spacial score (nSPS) is 10.1. The molecule has 0 aromatic heterocycles. The highest BCUT2D eigenvalue weighted by atomic mass is 16.5. The quantitative estimate of drug-likeness (QED) is 0.682. The minimum atomic E-state index is -0.697. The summed E-state index contributed by atoms with van der Waals surface area (Å²) in [7, 11) is 1.53. The summed E-state index contributed by atoms with van der Waals surface area (Å²) in [6, 6.07) is 12.2. The van der Waals surface area contributed by atoms with Crippen LogP contribution in [0.3, 0.4) is 0 Å². The van der Waals surface area contributed by atoms with Crippen molar-refractivity contribution in [1.29, 1.82) is 0 Å². The van der Waals surface area contributed by atoms with E-state index in [4.69, 9.17) is 9.47 Å². The fourth-order valence-electron chi connectivity index (χ4n) is 2.57. The summed E-state index contributed by atoms with van der Waals surface area (Å²) in [5, 5.41) is 5.22. The zero-order chi connectivity index (χ0) is 20.5. The second-order valence-electron chi connectivity index (χ2n) is 6.08. The number of benzene rings is 2. The van der Waals surface area contributed by atoms with E-state index in [2.05, 4.69) is 10.6 Å². The number of rotatable bonds is 8. The number of para-hydroxylation sites is 1. The summed E-state index contributed by atoms with van der Waals surface area (Å²) in [5.41, 5.74) is 3.06. The fraction of sp³-hybridized carbons (Fsp3) is 0.286. The number of carbonyl (C=O) groups is 3. The van der Waals surface area contributed by atoms with Gasteiger partial charge in [-0.05, 0) is 48.7 Å². The first-order valence-corrected chi connectivity index (χ1v) is 8.90. The van der Waals surface area contributed by atoms with Crippen LogP contribution in [-0.2, 0) is 20.7 Å². The highest BCUT2D eigenvalue weighted by Gasteiger charge is 2.13. The first-order chi connectivity index (χ1) is 13.4. The molecule has 2 aromatic rings. The lowest BCUT2D eigenvalue weighted by Crippen LogP contribution is -2.32. The molecule has 0 saturated carbocycles. The van der Waals surface area contributed by atoms with E-state index in [-0.39, 0.29) is 6.54 Å². The minimum Gasteiger partial charge on any atom is -0.497 e. The Labute approximate surface area is 164 Å². The summed E-state index contributed by atoms with van der Waals surface area (Å²) in [6.07, 6.45) is 0.772. The van der Waals surface area contributed by atoms with Crippen LogP contribution in [0.4, 0.5) is 5.69 Å². The first kappa shape index (κ1) is 21.0. The average molecular weight is 384 g/mol. The van der Waals surface area contributed by atoms with Gasteiger partial charge in [0.15, 0.2) is 6.61 Å². The third-order valence-electron chi connectivity index (χ3n) is 4.11. The molecule has 0 bridgehead atoms. The van der Waals surface area contributed by atoms with Gasteiger partial charge in [0.05, 0.1) is 7.11 Å². The molecule has 7 nitrogen and oxygen atoms in total. The number of carbonyl (C=O) groups excluding carboxylic acids is 3. The van der Waals surface area contributed by atoms with Crippen molar-refractivity contribution in [2.45, 2.75) is 20.3 Å². The summed E-state index contributed by atoms with van der Waals surface area (Å²) in [4.78, 5) is 35.9. The number of amides is 2. The smallest absolute Gasteiger partial charge is 0.325 e. The number of anilines is 1. The van der Waals surface area contributed by atoms with E-state index in [0.29, 0.717) is 11.3 Å². The van der Waals surface area contributed by atoms with Crippen LogP contribution in [0.1, 0.15) is 28.4 Å². The average Bonchev–Trinajstić information content (AvgIpc) is 2.72. The number of methoxy groups -OCH3 is 1. The predicted molar refractivity (Wildman–Crippen MR) is 105 cm³/mol. The Morgan fingerprint density at radius 1 is 1.04 bits per heavy atom. The van der Waals surface area contributed by atoms with Gasteiger partial charge in [0, 0.05) is 11.3 Å². The second-order valence-corrected chi connectivity index (χ2v) is 6.08. The van der Waals surface area contributed by atoms with E-state index in [9.17, 15) is 14.4 Å². The Kier molecular flexibility index (Phi) is 7.56. The topological polar surface area (TPSA) is 93.7 Å². The molecule has 0 heterocycles. The molecule has 148 valence electrons. The molecule has 2 amide bonds. The second kappa shape index (κ2) is 10.1. The number of ether oxygens (including phenoxy) is 2. The Hall–Kier alpha value is -3.35. The molecule has 7 heteroatoms. The van der Waals surface area contributed by atoms with Crippen molar-refractivity contribution < 1.29 is 23.9 Å². The zero-order valence-electron chi connectivity index (χ0n) is 16.2. The van der Waals surface area contributed by atoms with Crippen LogP contribution in [0, 0.1) is 6.92 Å². The predicted octanol–water partition coefficient (Wildman–Crippen LogP) is 2.48. The summed E-state index contributed by atoms with van der Waals surface area (Å²) in [6.45, 7) is 3.14. The highest BCUT2D eigenvalue weighted by molar-refractivity contribution is 5.97. The van der Waals surface area contributed by atoms with Gasteiger partial charge in [-0.15, -0.1) is 0 Å². The number of hydrogen-bond donors (Lipinski definition) is 2. The Morgan fingerprint density at radius 3 is 2.39 bits per heavy atom. The molecule has 0 aliphatic carbocycles. The van der Waals surface area contributed by atoms with Gasteiger partial charge in [0.25, 0.3) is 11.8 Å². The zero-order valence-corrected chi connectivity index (χ0v) is 16.2. The maximum atomic E-state index is 12.1. The van der Waals surface area contributed by atoms with Crippen LogP contribution in [0.15, 0.2) is 42.5 Å². The van der Waals surface area contributed by atoms with Crippen molar-refractivity contribution in [3.63, 3.8) is 0 Å². The van der Waals surface area contributed by atoms with Gasteiger partial charge in [-0.25, -0.2) is 0 Å². The van der Waals surface area contributed by atoms with Gasteiger partial charge in [-0.1, -0.05) is 25.1 Å². The van der Waals surface area contributed by atoms with Gasteiger partial charge in [-0.3, -0.25) is 14.4 Å². The highest BCUT2D eigenvalue weighted by Crippen LogP contribution is 2.20. The number of nitrogens with one attached hydrogen (secondary N) is 2. The Bertz CT molecular complexity index is 846. The lowest BCUT2D eigenvalue weighted by Gasteiger charge is -2.13. The molecule has 0 unspecified atom stereocenters. The maximum absolute atomic E-state index is 12.1. The van der Waals surface area contributed by atoms with E-state index in [0.717, 1.165) is 23.2 Å². The van der Waals surface area contributed by atoms with Crippen LogP contribution in [-0.4, -0.2) is 38.0 Å². The van der Waals surface area contributed by atoms with Crippen LogP contribution < -0.4 is 15.4 Å². The van der Waals surface area contributed by atoms with Gasteiger partial charge in [0.2, 0.25) is 0 Å². The molecule has 0 atom stereocenters. The molecule has 28 heavy (non-hydrogen) atoms. The molecule has 2 aromatic carbocycles. The van der Waals surface area contributed by atoms with E-state index >= 15 is 0 Å². The first-order valence-electron chi connectivity index (χ1n) is 8.90. The largest absolute Gasteiger partial charge is 0.497 e. The fourth-order valence-corrected chi connectivity index (χ4v) is 2.57. The van der Waals surface area contributed by atoms with E-state index in [1.54, 1.807) is 24.3 Å². The Morgan fingerprint density at radius 2 is 1.75 bits per heavy atom. The van der Waals surface area contributed by atoms with Crippen LogP contribution in [0.2, 0.25) is 0 Å². The van der Waals surface area contributed by atoms with Crippen LogP contribution in [0.5, 0.6) is 5.75 Å². The maximum Gasteiger partial charge on any atom is 0.325 e. The minimum absolute atomic E-state index is 0.331. The molecule has 0 radical (unpaired) electrons. The van der Waals surface area contributed by atoms with E-state index < -0.39 is 24.4 Å². The third kappa shape index (κ3) is 5.84.